The Labute approximate surface area is 124 Å². The molecule has 2 unspecified atom stereocenters. The molecule has 0 spiro atoms. The maximum absolute atomic E-state index is 11.8. The van der Waals surface area contributed by atoms with Gasteiger partial charge in [0.2, 0.25) is 0 Å². The average molecular weight is 294 g/mol. The highest BCUT2D eigenvalue weighted by molar-refractivity contribution is 7.98. The second-order valence-corrected chi connectivity index (χ2v) is 6.08. The van der Waals surface area contributed by atoms with E-state index < -0.39 is 6.10 Å². The van der Waals surface area contributed by atoms with E-state index in [9.17, 15) is 9.90 Å². The molecule has 1 amide bonds. The molecule has 1 N–H and O–H groups in total. The summed E-state index contributed by atoms with van der Waals surface area (Å²) < 4.78 is 0. The Bertz CT molecular complexity index is 507. The van der Waals surface area contributed by atoms with Crippen LogP contribution in [-0.4, -0.2) is 43.2 Å². The van der Waals surface area contributed by atoms with E-state index in [1.165, 1.54) is 4.90 Å². The fraction of sp³-hybridized carbons (Fsp3) is 0.533. The van der Waals surface area contributed by atoms with Gasteiger partial charge in [-0.15, -0.1) is 0 Å². The van der Waals surface area contributed by atoms with Crippen LogP contribution in [0.4, 0.5) is 11.4 Å². The maximum Gasteiger partial charge on any atom is 0.260 e. The van der Waals surface area contributed by atoms with Crippen molar-refractivity contribution in [2.75, 3.05) is 35.9 Å². The lowest BCUT2D eigenvalue weighted by Gasteiger charge is -2.29. The maximum atomic E-state index is 11.8. The third kappa shape index (κ3) is 2.52. The van der Waals surface area contributed by atoms with E-state index >= 15 is 0 Å². The number of amides is 1. The zero-order valence-corrected chi connectivity index (χ0v) is 13.3. The van der Waals surface area contributed by atoms with Crippen LogP contribution in [0.3, 0.4) is 0 Å². The van der Waals surface area contributed by atoms with Gasteiger partial charge < -0.3 is 14.9 Å². The number of aliphatic hydroxyl groups is 1. The van der Waals surface area contributed by atoms with Gasteiger partial charge in [0.15, 0.2) is 6.10 Å². The number of carbonyl (C=O) groups excluding carboxylic acids is 1. The molecule has 0 saturated heterocycles. The Morgan fingerprint density at radius 3 is 2.80 bits per heavy atom. The van der Waals surface area contributed by atoms with Crippen molar-refractivity contribution in [3.8, 4) is 0 Å². The number of hydrogen-bond donors (Lipinski definition) is 1. The predicted molar refractivity (Wildman–Crippen MR) is 85.7 cm³/mol. The molecule has 2 rings (SSSR count). The van der Waals surface area contributed by atoms with Gasteiger partial charge in [0.1, 0.15) is 0 Å². The van der Waals surface area contributed by atoms with Crippen molar-refractivity contribution in [1.82, 2.24) is 0 Å². The summed E-state index contributed by atoms with van der Waals surface area (Å²) in [5.74, 6) is 0.817. The molecule has 110 valence electrons. The highest BCUT2D eigenvalue weighted by Crippen LogP contribution is 2.37. The average Bonchev–Trinajstić information content (AvgIpc) is 2.68. The molecular weight excluding hydrogens is 272 g/mol. The van der Waals surface area contributed by atoms with Crippen LogP contribution in [-0.2, 0) is 4.79 Å². The second kappa shape index (κ2) is 6.06. The van der Waals surface area contributed by atoms with Crippen molar-refractivity contribution in [2.24, 2.45) is 0 Å². The summed E-state index contributed by atoms with van der Waals surface area (Å²) in [6, 6.07) is 6.30. The molecule has 0 aliphatic carbocycles. The van der Waals surface area contributed by atoms with Gasteiger partial charge in [-0.2, -0.15) is 11.8 Å². The van der Waals surface area contributed by atoms with Gasteiger partial charge in [-0.05, 0) is 24.8 Å². The number of thioether (sulfide) groups is 1. The molecule has 0 fully saturated rings. The molecule has 1 aliphatic rings. The second-order valence-electron chi connectivity index (χ2n) is 5.17. The topological polar surface area (TPSA) is 43.8 Å². The number of aliphatic hydroxyl groups excluding tert-OH is 1. The molecule has 20 heavy (non-hydrogen) atoms. The van der Waals surface area contributed by atoms with Gasteiger partial charge in [0.05, 0.1) is 5.69 Å². The Morgan fingerprint density at radius 2 is 2.20 bits per heavy atom. The van der Waals surface area contributed by atoms with E-state index in [4.69, 9.17) is 0 Å². The first kappa shape index (κ1) is 15.2. The summed E-state index contributed by atoms with van der Waals surface area (Å²) in [4.78, 5) is 15.6. The zero-order chi connectivity index (χ0) is 14.9. The molecule has 5 heteroatoms. The smallest absolute Gasteiger partial charge is 0.260 e. The highest BCUT2D eigenvalue weighted by atomic mass is 32.2. The SMILES string of the molecule is CCC(CSC)N(C)c1ccc2c(c1)N(C)C(=O)C2O. The minimum atomic E-state index is -1.01. The van der Waals surface area contributed by atoms with Gasteiger partial charge in [0, 0.05) is 37.1 Å². The number of benzene rings is 1. The van der Waals surface area contributed by atoms with Gasteiger partial charge in [-0.3, -0.25) is 4.79 Å². The Balaban J connectivity index is 2.30. The molecule has 1 aliphatic heterocycles. The van der Waals surface area contributed by atoms with Crippen LogP contribution in [0.5, 0.6) is 0 Å². The molecule has 1 aromatic rings. The predicted octanol–water partition coefficient (Wildman–Crippen LogP) is 2.27. The molecule has 1 aromatic carbocycles. The number of likely N-dealkylation sites (N-methyl/N-ethyl adjacent to an activating group) is 1. The van der Waals surface area contributed by atoms with Crippen molar-refractivity contribution in [1.29, 1.82) is 0 Å². The Morgan fingerprint density at radius 1 is 1.50 bits per heavy atom. The van der Waals surface area contributed by atoms with Crippen LogP contribution in [0.1, 0.15) is 25.0 Å². The lowest BCUT2D eigenvalue weighted by Crippen LogP contribution is -2.33. The number of fused-ring (bicyclic) bond motifs is 1. The van der Waals surface area contributed by atoms with Gasteiger partial charge in [-0.1, -0.05) is 13.0 Å². The van der Waals surface area contributed by atoms with E-state index in [2.05, 4.69) is 25.1 Å². The van der Waals surface area contributed by atoms with Crippen molar-refractivity contribution >= 4 is 29.0 Å². The molecule has 1 heterocycles. The minimum absolute atomic E-state index is 0.254. The third-order valence-corrected chi connectivity index (χ3v) is 4.74. The first-order valence-electron chi connectivity index (χ1n) is 6.82. The number of anilines is 2. The van der Waals surface area contributed by atoms with E-state index in [-0.39, 0.29) is 5.91 Å². The first-order valence-corrected chi connectivity index (χ1v) is 8.22. The summed E-state index contributed by atoms with van der Waals surface area (Å²) >= 11 is 1.84. The van der Waals surface area contributed by atoms with Crippen LogP contribution in [0.2, 0.25) is 0 Å². The van der Waals surface area contributed by atoms with Crippen molar-refractivity contribution in [3.63, 3.8) is 0 Å². The molecule has 4 nitrogen and oxygen atoms in total. The third-order valence-electron chi connectivity index (χ3n) is 4.02. The van der Waals surface area contributed by atoms with Crippen LogP contribution < -0.4 is 9.80 Å². The molecule has 0 bridgehead atoms. The summed E-state index contributed by atoms with van der Waals surface area (Å²) in [7, 11) is 3.79. The van der Waals surface area contributed by atoms with Gasteiger partial charge in [0.25, 0.3) is 5.91 Å². The minimum Gasteiger partial charge on any atom is -0.378 e. The fourth-order valence-electron chi connectivity index (χ4n) is 2.62. The van der Waals surface area contributed by atoms with Crippen LogP contribution >= 0.6 is 11.8 Å². The van der Waals surface area contributed by atoms with Crippen LogP contribution in [0.25, 0.3) is 0 Å². The Hall–Kier alpha value is -1.20. The summed E-state index contributed by atoms with van der Waals surface area (Å²) in [5, 5.41) is 9.88. The van der Waals surface area contributed by atoms with Crippen LogP contribution in [0, 0.1) is 0 Å². The summed E-state index contributed by atoms with van der Waals surface area (Å²) in [5.41, 5.74) is 2.59. The van der Waals surface area contributed by atoms with E-state index in [1.807, 2.05) is 30.0 Å². The van der Waals surface area contributed by atoms with Crippen molar-refractivity contribution in [2.45, 2.75) is 25.5 Å². The fourth-order valence-corrected chi connectivity index (χ4v) is 3.46. The standard InChI is InChI=1S/C15H22N2O2S/c1-5-10(9-20-4)16(2)11-6-7-12-13(8-11)17(3)15(19)14(12)18/h6-8,10,14,18H,5,9H2,1-4H3. The van der Waals surface area contributed by atoms with Crippen molar-refractivity contribution in [3.05, 3.63) is 23.8 Å². The largest absolute Gasteiger partial charge is 0.378 e. The molecule has 2 atom stereocenters. The van der Waals surface area contributed by atoms with E-state index in [1.54, 1.807) is 7.05 Å². The van der Waals surface area contributed by atoms with Crippen LogP contribution in [0.15, 0.2) is 18.2 Å². The summed E-state index contributed by atoms with van der Waals surface area (Å²) in [6.45, 7) is 2.18. The molecule has 0 saturated carbocycles. The Kier molecular flexibility index (Phi) is 4.60. The lowest BCUT2D eigenvalue weighted by molar-refractivity contribution is -0.125. The molecular formula is C15H22N2O2S. The zero-order valence-electron chi connectivity index (χ0n) is 12.5. The number of carbonyl (C=O) groups is 1. The first-order chi connectivity index (χ1) is 9.51. The molecule has 0 aromatic heterocycles. The number of rotatable bonds is 5. The normalized spacial score (nSPS) is 19.1. The van der Waals surface area contributed by atoms with Crippen molar-refractivity contribution < 1.29 is 9.90 Å². The van der Waals surface area contributed by atoms with E-state index in [0.717, 1.165) is 23.5 Å². The highest BCUT2D eigenvalue weighted by Gasteiger charge is 2.33. The van der Waals surface area contributed by atoms with E-state index in [0.29, 0.717) is 11.6 Å². The van der Waals surface area contributed by atoms with Gasteiger partial charge >= 0.3 is 0 Å². The number of hydrogen-bond acceptors (Lipinski definition) is 4. The lowest BCUT2D eigenvalue weighted by atomic mass is 10.1. The number of nitrogens with zero attached hydrogens (tertiary/aromatic N) is 2. The summed E-state index contributed by atoms with van der Waals surface area (Å²) in [6.07, 6.45) is 2.18. The van der Waals surface area contributed by atoms with Gasteiger partial charge in [-0.25, -0.2) is 0 Å². The molecule has 0 radical (unpaired) electrons. The monoisotopic (exact) mass is 294 g/mol. The quantitative estimate of drug-likeness (QED) is 0.905.